The van der Waals surface area contributed by atoms with Crippen LogP contribution in [0.25, 0.3) is 0 Å². The molecule has 0 spiro atoms. The molecule has 1 aliphatic rings. The molecule has 2 rings (SSSR count). The van der Waals surface area contributed by atoms with Crippen LogP contribution in [0.2, 0.25) is 0 Å². The summed E-state index contributed by atoms with van der Waals surface area (Å²) in [5, 5.41) is 2.84. The molecule has 1 aliphatic heterocycles. The zero-order valence-corrected chi connectivity index (χ0v) is 10.4. The Kier molecular flexibility index (Phi) is 3.90. The predicted octanol–water partition coefficient (Wildman–Crippen LogP) is 1.75. The molecule has 1 aromatic heterocycles. The van der Waals surface area contributed by atoms with E-state index in [2.05, 4.69) is 26.2 Å². The molecular weight excluding hydrogens is 272 g/mol. The molecular formula is C11H13BrN2O2. The third-order valence-corrected chi connectivity index (χ3v) is 2.92. The number of hydrogen-bond acceptors (Lipinski definition) is 3. The molecule has 1 N–H and O–H groups in total. The van der Waals surface area contributed by atoms with Gasteiger partial charge in [0.25, 0.3) is 5.91 Å². The number of amides is 1. The van der Waals surface area contributed by atoms with Gasteiger partial charge in [-0.3, -0.25) is 9.78 Å². The van der Waals surface area contributed by atoms with Crippen LogP contribution in [0.15, 0.2) is 22.9 Å². The van der Waals surface area contributed by atoms with Crippen LogP contribution >= 0.6 is 15.9 Å². The third-order valence-electron chi connectivity index (χ3n) is 2.48. The van der Waals surface area contributed by atoms with Gasteiger partial charge in [0.05, 0.1) is 11.7 Å². The van der Waals surface area contributed by atoms with E-state index in [1.807, 2.05) is 0 Å². The fraction of sp³-hybridized carbons (Fsp3) is 0.455. The highest BCUT2D eigenvalue weighted by molar-refractivity contribution is 9.10. The minimum atomic E-state index is -0.107. The van der Waals surface area contributed by atoms with Crippen molar-refractivity contribution in [3.63, 3.8) is 0 Å². The van der Waals surface area contributed by atoms with E-state index in [0.717, 1.165) is 23.9 Å². The van der Waals surface area contributed by atoms with E-state index < -0.39 is 0 Å². The summed E-state index contributed by atoms with van der Waals surface area (Å²) in [4.78, 5) is 15.7. The van der Waals surface area contributed by atoms with Crippen molar-refractivity contribution >= 4 is 21.8 Å². The van der Waals surface area contributed by atoms with Gasteiger partial charge < -0.3 is 10.1 Å². The first-order chi connectivity index (χ1) is 7.75. The van der Waals surface area contributed by atoms with E-state index in [-0.39, 0.29) is 12.0 Å². The molecule has 0 saturated carbocycles. The average molecular weight is 285 g/mol. The Morgan fingerprint density at radius 2 is 2.50 bits per heavy atom. The molecule has 0 radical (unpaired) electrons. The topological polar surface area (TPSA) is 51.2 Å². The molecule has 16 heavy (non-hydrogen) atoms. The lowest BCUT2D eigenvalue weighted by Crippen LogP contribution is -2.31. The van der Waals surface area contributed by atoms with E-state index in [1.54, 1.807) is 18.5 Å². The number of nitrogens with one attached hydrogen (secondary N) is 1. The number of nitrogens with zero attached hydrogens (tertiary/aromatic N) is 1. The van der Waals surface area contributed by atoms with Gasteiger partial charge in [-0.1, -0.05) is 0 Å². The molecule has 1 atom stereocenters. The Bertz CT molecular complexity index is 378. The minimum Gasteiger partial charge on any atom is -0.376 e. The fourth-order valence-corrected chi connectivity index (χ4v) is 2.01. The maximum Gasteiger partial charge on any atom is 0.252 e. The predicted molar refractivity (Wildman–Crippen MR) is 63.2 cm³/mol. The van der Waals surface area contributed by atoms with Crippen molar-refractivity contribution in [3.05, 3.63) is 28.5 Å². The van der Waals surface area contributed by atoms with Crippen molar-refractivity contribution < 1.29 is 9.53 Å². The molecule has 1 saturated heterocycles. The van der Waals surface area contributed by atoms with Gasteiger partial charge in [0, 0.05) is 30.0 Å². The second kappa shape index (κ2) is 5.41. The highest BCUT2D eigenvalue weighted by Crippen LogP contribution is 2.12. The summed E-state index contributed by atoms with van der Waals surface area (Å²) < 4.78 is 6.23. The van der Waals surface area contributed by atoms with Gasteiger partial charge in [-0.25, -0.2) is 0 Å². The number of carbonyl (C=O) groups is 1. The smallest absolute Gasteiger partial charge is 0.252 e. The Morgan fingerprint density at radius 3 is 3.19 bits per heavy atom. The van der Waals surface area contributed by atoms with Gasteiger partial charge in [0.1, 0.15) is 0 Å². The van der Waals surface area contributed by atoms with Crippen LogP contribution in [0.4, 0.5) is 0 Å². The van der Waals surface area contributed by atoms with Crippen LogP contribution in [-0.2, 0) is 4.74 Å². The number of ether oxygens (including phenoxy) is 1. The van der Waals surface area contributed by atoms with Crippen LogP contribution in [0.5, 0.6) is 0 Å². The number of aromatic nitrogens is 1. The molecule has 1 fully saturated rings. The second-order valence-corrected chi connectivity index (χ2v) is 4.65. The number of carbonyl (C=O) groups excluding carboxylic acids is 1. The average Bonchev–Trinajstić information content (AvgIpc) is 2.78. The lowest BCUT2D eigenvalue weighted by molar-refractivity contribution is 0.0857. The minimum absolute atomic E-state index is 0.107. The summed E-state index contributed by atoms with van der Waals surface area (Å²) >= 11 is 3.28. The molecule has 1 aromatic rings. The Hall–Kier alpha value is -0.940. The van der Waals surface area contributed by atoms with Crippen LogP contribution in [0.3, 0.4) is 0 Å². The van der Waals surface area contributed by atoms with Crippen molar-refractivity contribution in [1.82, 2.24) is 10.3 Å². The first kappa shape index (κ1) is 11.5. The van der Waals surface area contributed by atoms with Crippen molar-refractivity contribution in [2.75, 3.05) is 13.2 Å². The quantitative estimate of drug-likeness (QED) is 0.920. The molecule has 0 aromatic carbocycles. The van der Waals surface area contributed by atoms with Gasteiger partial charge in [-0.2, -0.15) is 0 Å². The SMILES string of the molecule is O=C(NC[C@@H]1CCCO1)c1cncc(Br)c1. The first-order valence-corrected chi connectivity index (χ1v) is 6.05. The van der Waals surface area contributed by atoms with E-state index in [9.17, 15) is 4.79 Å². The zero-order chi connectivity index (χ0) is 11.4. The summed E-state index contributed by atoms with van der Waals surface area (Å²) in [7, 11) is 0. The van der Waals surface area contributed by atoms with E-state index in [1.165, 1.54) is 0 Å². The molecule has 2 heterocycles. The lowest BCUT2D eigenvalue weighted by Gasteiger charge is -2.10. The highest BCUT2D eigenvalue weighted by Gasteiger charge is 2.16. The van der Waals surface area contributed by atoms with E-state index in [4.69, 9.17) is 4.74 Å². The first-order valence-electron chi connectivity index (χ1n) is 5.26. The molecule has 0 unspecified atom stereocenters. The summed E-state index contributed by atoms with van der Waals surface area (Å²) in [6.45, 7) is 1.38. The molecule has 5 heteroatoms. The second-order valence-electron chi connectivity index (χ2n) is 3.74. The number of hydrogen-bond donors (Lipinski definition) is 1. The fourth-order valence-electron chi connectivity index (χ4n) is 1.65. The molecule has 1 amide bonds. The summed E-state index contributed by atoms with van der Waals surface area (Å²) in [6, 6.07) is 1.75. The summed E-state index contributed by atoms with van der Waals surface area (Å²) in [5.74, 6) is -0.107. The number of pyridine rings is 1. The van der Waals surface area contributed by atoms with Crippen LogP contribution < -0.4 is 5.32 Å². The van der Waals surface area contributed by atoms with Crippen molar-refractivity contribution in [1.29, 1.82) is 0 Å². The van der Waals surface area contributed by atoms with Crippen LogP contribution in [0, 0.1) is 0 Å². The summed E-state index contributed by atoms with van der Waals surface area (Å²) in [6.07, 6.45) is 5.48. The van der Waals surface area contributed by atoms with Gasteiger partial charge in [-0.15, -0.1) is 0 Å². The molecule has 4 nitrogen and oxygen atoms in total. The number of rotatable bonds is 3. The van der Waals surface area contributed by atoms with E-state index >= 15 is 0 Å². The van der Waals surface area contributed by atoms with Crippen molar-refractivity contribution in [2.24, 2.45) is 0 Å². The van der Waals surface area contributed by atoms with Gasteiger partial charge in [0.15, 0.2) is 0 Å². The Balaban J connectivity index is 1.87. The summed E-state index contributed by atoms with van der Waals surface area (Å²) in [5.41, 5.74) is 0.562. The zero-order valence-electron chi connectivity index (χ0n) is 8.78. The van der Waals surface area contributed by atoms with Crippen molar-refractivity contribution in [2.45, 2.75) is 18.9 Å². The molecule has 0 bridgehead atoms. The standard InChI is InChI=1S/C11H13BrN2O2/c12-9-4-8(5-13-6-9)11(15)14-7-10-2-1-3-16-10/h4-6,10H,1-3,7H2,(H,14,15)/t10-/m0/s1. The Morgan fingerprint density at radius 1 is 1.62 bits per heavy atom. The normalized spacial score (nSPS) is 19.7. The van der Waals surface area contributed by atoms with Crippen LogP contribution in [0.1, 0.15) is 23.2 Å². The van der Waals surface area contributed by atoms with Gasteiger partial charge in [0.2, 0.25) is 0 Å². The monoisotopic (exact) mass is 284 g/mol. The maximum atomic E-state index is 11.7. The van der Waals surface area contributed by atoms with Crippen LogP contribution in [-0.4, -0.2) is 30.1 Å². The van der Waals surface area contributed by atoms with E-state index in [0.29, 0.717) is 12.1 Å². The molecule has 0 aliphatic carbocycles. The maximum absolute atomic E-state index is 11.7. The van der Waals surface area contributed by atoms with Gasteiger partial charge in [-0.05, 0) is 34.8 Å². The Labute approximate surface area is 103 Å². The number of halogens is 1. The lowest BCUT2D eigenvalue weighted by atomic mass is 10.2. The van der Waals surface area contributed by atoms with Crippen molar-refractivity contribution in [3.8, 4) is 0 Å². The third kappa shape index (κ3) is 3.02. The molecule has 86 valence electrons. The van der Waals surface area contributed by atoms with Gasteiger partial charge >= 0.3 is 0 Å². The largest absolute Gasteiger partial charge is 0.376 e. The highest BCUT2D eigenvalue weighted by atomic mass is 79.9.